The van der Waals surface area contributed by atoms with Crippen molar-refractivity contribution in [2.75, 3.05) is 6.54 Å². The van der Waals surface area contributed by atoms with Crippen molar-refractivity contribution in [1.82, 2.24) is 5.32 Å². The maximum Gasteiger partial charge on any atom is 0.207 e. The van der Waals surface area contributed by atoms with Crippen LogP contribution in [0.3, 0.4) is 0 Å². The standard InChI is InChI=1S/C9H18N2O/c10-6-9(11-7-12)8-4-2-1-3-5-8/h7-9H,1-6,10H2,(H,11,12). The molecule has 1 fully saturated rings. The normalized spacial score (nSPS) is 21.8. The highest BCUT2D eigenvalue weighted by molar-refractivity contribution is 5.46. The Kier molecular flexibility index (Phi) is 4.08. The second-order valence-corrected chi connectivity index (χ2v) is 3.52. The number of carbonyl (C=O) groups excluding carboxylic acids is 1. The van der Waals surface area contributed by atoms with Crippen LogP contribution in [0.25, 0.3) is 0 Å². The lowest BCUT2D eigenvalue weighted by Crippen LogP contribution is -2.42. The fraction of sp³-hybridized carbons (Fsp3) is 0.889. The molecule has 0 heterocycles. The Morgan fingerprint density at radius 3 is 2.58 bits per heavy atom. The Hall–Kier alpha value is -0.570. The van der Waals surface area contributed by atoms with Crippen molar-refractivity contribution < 1.29 is 4.79 Å². The lowest BCUT2D eigenvalue weighted by Gasteiger charge is -2.28. The molecule has 70 valence electrons. The van der Waals surface area contributed by atoms with Gasteiger partial charge in [0, 0.05) is 12.6 Å². The van der Waals surface area contributed by atoms with E-state index >= 15 is 0 Å². The van der Waals surface area contributed by atoms with Crippen molar-refractivity contribution >= 4 is 6.41 Å². The molecule has 1 saturated carbocycles. The topological polar surface area (TPSA) is 55.1 Å². The lowest BCUT2D eigenvalue weighted by molar-refractivity contribution is -0.110. The molecule has 1 rings (SSSR count). The minimum absolute atomic E-state index is 0.211. The molecular weight excluding hydrogens is 152 g/mol. The van der Waals surface area contributed by atoms with Crippen LogP contribution in [0.1, 0.15) is 32.1 Å². The van der Waals surface area contributed by atoms with E-state index in [0.29, 0.717) is 12.5 Å². The summed E-state index contributed by atoms with van der Waals surface area (Å²) in [5.41, 5.74) is 5.57. The molecule has 1 aliphatic rings. The summed E-state index contributed by atoms with van der Waals surface area (Å²) < 4.78 is 0. The summed E-state index contributed by atoms with van der Waals surface area (Å²) in [6, 6.07) is 0.211. The fourth-order valence-corrected chi connectivity index (χ4v) is 2.02. The van der Waals surface area contributed by atoms with Crippen molar-refractivity contribution in [3.63, 3.8) is 0 Å². The third kappa shape index (κ3) is 2.48. The molecule has 1 atom stereocenters. The van der Waals surface area contributed by atoms with Gasteiger partial charge in [-0.15, -0.1) is 0 Å². The van der Waals surface area contributed by atoms with E-state index < -0.39 is 0 Å². The minimum Gasteiger partial charge on any atom is -0.354 e. The van der Waals surface area contributed by atoms with Crippen LogP contribution in [0.2, 0.25) is 0 Å². The number of hydrogen-bond acceptors (Lipinski definition) is 2. The Morgan fingerprint density at radius 2 is 2.08 bits per heavy atom. The van der Waals surface area contributed by atoms with Crippen LogP contribution in [0.4, 0.5) is 0 Å². The van der Waals surface area contributed by atoms with Gasteiger partial charge in [-0.3, -0.25) is 4.79 Å². The van der Waals surface area contributed by atoms with Crippen molar-refractivity contribution in [1.29, 1.82) is 0 Å². The van der Waals surface area contributed by atoms with E-state index in [1.807, 2.05) is 0 Å². The van der Waals surface area contributed by atoms with E-state index in [2.05, 4.69) is 5.32 Å². The Bertz CT molecular complexity index is 132. The van der Waals surface area contributed by atoms with E-state index in [-0.39, 0.29) is 6.04 Å². The van der Waals surface area contributed by atoms with Crippen LogP contribution in [0.5, 0.6) is 0 Å². The van der Waals surface area contributed by atoms with Crippen LogP contribution >= 0.6 is 0 Å². The predicted molar refractivity (Wildman–Crippen MR) is 48.6 cm³/mol. The third-order valence-electron chi connectivity index (χ3n) is 2.75. The lowest BCUT2D eigenvalue weighted by atomic mass is 9.84. The number of nitrogens with one attached hydrogen (secondary N) is 1. The summed E-state index contributed by atoms with van der Waals surface area (Å²) in [5.74, 6) is 0.619. The number of hydrogen-bond donors (Lipinski definition) is 2. The van der Waals surface area contributed by atoms with E-state index in [0.717, 1.165) is 6.41 Å². The van der Waals surface area contributed by atoms with E-state index in [1.54, 1.807) is 0 Å². The highest BCUT2D eigenvalue weighted by Crippen LogP contribution is 2.25. The number of amides is 1. The zero-order valence-electron chi connectivity index (χ0n) is 7.46. The first-order chi connectivity index (χ1) is 5.88. The molecule has 12 heavy (non-hydrogen) atoms. The second kappa shape index (κ2) is 5.14. The van der Waals surface area contributed by atoms with Gasteiger partial charge in [-0.1, -0.05) is 19.3 Å². The van der Waals surface area contributed by atoms with Crippen LogP contribution < -0.4 is 11.1 Å². The Labute approximate surface area is 73.7 Å². The number of carbonyl (C=O) groups is 1. The van der Waals surface area contributed by atoms with Crippen molar-refractivity contribution in [2.45, 2.75) is 38.1 Å². The molecule has 0 spiro atoms. The van der Waals surface area contributed by atoms with Gasteiger partial charge in [-0.05, 0) is 18.8 Å². The number of nitrogens with two attached hydrogens (primary N) is 1. The Morgan fingerprint density at radius 1 is 1.42 bits per heavy atom. The summed E-state index contributed by atoms with van der Waals surface area (Å²) in [4.78, 5) is 10.3. The van der Waals surface area contributed by atoms with Crippen molar-refractivity contribution in [2.24, 2.45) is 11.7 Å². The van der Waals surface area contributed by atoms with Crippen molar-refractivity contribution in [3.8, 4) is 0 Å². The fourth-order valence-electron chi connectivity index (χ4n) is 2.02. The maximum absolute atomic E-state index is 10.3. The van der Waals surface area contributed by atoms with Crippen LogP contribution in [-0.4, -0.2) is 19.0 Å². The quantitative estimate of drug-likeness (QED) is 0.608. The summed E-state index contributed by atoms with van der Waals surface area (Å²) in [6.07, 6.45) is 7.15. The maximum atomic E-state index is 10.3. The van der Waals surface area contributed by atoms with Gasteiger partial charge in [0.15, 0.2) is 0 Å². The van der Waals surface area contributed by atoms with E-state index in [9.17, 15) is 4.79 Å². The molecule has 3 nitrogen and oxygen atoms in total. The van der Waals surface area contributed by atoms with Gasteiger partial charge >= 0.3 is 0 Å². The zero-order valence-corrected chi connectivity index (χ0v) is 7.46. The van der Waals surface area contributed by atoms with Gasteiger partial charge in [0.25, 0.3) is 0 Å². The van der Waals surface area contributed by atoms with E-state index in [1.165, 1.54) is 32.1 Å². The third-order valence-corrected chi connectivity index (χ3v) is 2.75. The van der Waals surface area contributed by atoms with Crippen LogP contribution in [0, 0.1) is 5.92 Å². The number of rotatable bonds is 4. The minimum atomic E-state index is 0.211. The van der Waals surface area contributed by atoms with Gasteiger partial charge < -0.3 is 11.1 Å². The first-order valence-electron chi connectivity index (χ1n) is 4.78. The largest absolute Gasteiger partial charge is 0.354 e. The van der Waals surface area contributed by atoms with Crippen molar-refractivity contribution in [3.05, 3.63) is 0 Å². The molecule has 1 unspecified atom stereocenters. The molecule has 1 amide bonds. The van der Waals surface area contributed by atoms with Crippen LogP contribution in [-0.2, 0) is 4.79 Å². The molecule has 3 heteroatoms. The molecule has 0 aliphatic heterocycles. The molecular formula is C9H18N2O. The summed E-state index contributed by atoms with van der Waals surface area (Å²) >= 11 is 0. The molecule has 0 aromatic carbocycles. The average Bonchev–Trinajstić information content (AvgIpc) is 2.15. The van der Waals surface area contributed by atoms with Gasteiger partial charge in [-0.25, -0.2) is 0 Å². The van der Waals surface area contributed by atoms with Gasteiger partial charge in [0.1, 0.15) is 0 Å². The summed E-state index contributed by atoms with van der Waals surface area (Å²) in [7, 11) is 0. The molecule has 0 radical (unpaired) electrons. The molecule has 0 saturated heterocycles. The molecule has 0 aromatic rings. The highest BCUT2D eigenvalue weighted by Gasteiger charge is 2.21. The first-order valence-corrected chi connectivity index (χ1v) is 4.78. The Balaban J connectivity index is 2.34. The van der Waals surface area contributed by atoms with Gasteiger partial charge in [0.2, 0.25) is 6.41 Å². The molecule has 0 bridgehead atoms. The van der Waals surface area contributed by atoms with Crippen LogP contribution in [0.15, 0.2) is 0 Å². The molecule has 1 aliphatic carbocycles. The van der Waals surface area contributed by atoms with Gasteiger partial charge in [-0.2, -0.15) is 0 Å². The SMILES string of the molecule is NCC(NC=O)C1CCCCC1. The first kappa shape index (κ1) is 9.52. The molecule has 3 N–H and O–H groups in total. The predicted octanol–water partition coefficient (Wildman–Crippen LogP) is 0.640. The summed E-state index contributed by atoms with van der Waals surface area (Å²) in [6.45, 7) is 0.573. The summed E-state index contributed by atoms with van der Waals surface area (Å²) in [5, 5.41) is 2.80. The van der Waals surface area contributed by atoms with Gasteiger partial charge in [0.05, 0.1) is 0 Å². The second-order valence-electron chi connectivity index (χ2n) is 3.52. The monoisotopic (exact) mass is 170 g/mol. The smallest absolute Gasteiger partial charge is 0.207 e. The zero-order chi connectivity index (χ0) is 8.81. The van der Waals surface area contributed by atoms with E-state index in [4.69, 9.17) is 5.73 Å². The highest BCUT2D eigenvalue weighted by atomic mass is 16.1. The average molecular weight is 170 g/mol. The molecule has 0 aromatic heterocycles.